The van der Waals surface area contributed by atoms with Crippen molar-refractivity contribution >= 4 is 34.4 Å². The number of ether oxygens (including phenoxy) is 2. The molecule has 3 heterocycles. The van der Waals surface area contributed by atoms with Crippen molar-refractivity contribution < 1.29 is 23.0 Å². The van der Waals surface area contributed by atoms with Crippen LogP contribution in [0.3, 0.4) is 0 Å². The predicted octanol–water partition coefficient (Wildman–Crippen LogP) is 5.15. The molecule has 4 aromatic rings. The van der Waals surface area contributed by atoms with Gasteiger partial charge in [-0.25, -0.2) is 8.78 Å². The van der Waals surface area contributed by atoms with Gasteiger partial charge in [0.15, 0.2) is 5.65 Å². The van der Waals surface area contributed by atoms with Crippen molar-refractivity contribution in [3.8, 4) is 17.6 Å². The number of rotatable bonds is 5. The van der Waals surface area contributed by atoms with Crippen LogP contribution in [0.4, 0.5) is 14.5 Å². The fourth-order valence-corrected chi connectivity index (χ4v) is 3.57. The lowest BCUT2D eigenvalue weighted by atomic mass is 10.0. The molecule has 0 saturated carbocycles. The molecule has 0 atom stereocenters. The number of nitrogens with one attached hydrogen (secondary N) is 2. The summed E-state index contributed by atoms with van der Waals surface area (Å²) in [5.74, 6) is -1.03. The molecule has 7 nitrogen and oxygen atoms in total. The van der Waals surface area contributed by atoms with Gasteiger partial charge in [-0.3, -0.25) is 4.79 Å². The molecule has 32 heavy (non-hydrogen) atoms. The second-order valence-electron chi connectivity index (χ2n) is 7.15. The van der Waals surface area contributed by atoms with Crippen LogP contribution in [-0.4, -0.2) is 20.9 Å². The van der Waals surface area contributed by atoms with Crippen LogP contribution in [0.2, 0.25) is 5.02 Å². The zero-order chi connectivity index (χ0) is 22.2. The molecule has 2 aromatic heterocycles. The Morgan fingerprint density at radius 1 is 1.06 bits per heavy atom. The maximum atomic E-state index is 13.8. The van der Waals surface area contributed by atoms with Crippen LogP contribution in [-0.2, 0) is 17.8 Å². The van der Waals surface area contributed by atoms with Crippen LogP contribution in [0.1, 0.15) is 17.5 Å². The number of benzene rings is 2. The molecule has 1 aliphatic rings. The Hall–Kier alpha value is -3.72. The lowest BCUT2D eigenvalue weighted by Crippen LogP contribution is -2.18. The Morgan fingerprint density at radius 2 is 1.88 bits per heavy atom. The number of amides is 1. The number of carbonyl (C=O) groups excluding carboxylic acids is 1. The van der Waals surface area contributed by atoms with E-state index in [1.807, 2.05) is 6.07 Å². The number of fused-ring (bicyclic) bond motifs is 2. The number of hydrogen-bond acceptors (Lipinski definition) is 5. The lowest BCUT2D eigenvalue weighted by molar-refractivity contribution is -0.116. The number of halogens is 3. The third-order valence-electron chi connectivity index (χ3n) is 4.98. The van der Waals surface area contributed by atoms with Crippen molar-refractivity contribution in [3.63, 3.8) is 0 Å². The second kappa shape index (κ2) is 8.08. The fourth-order valence-electron chi connectivity index (χ4n) is 3.37. The average molecular weight is 457 g/mol. The number of aryl methyl sites for hydroxylation is 1. The van der Waals surface area contributed by atoms with Gasteiger partial charge < -0.3 is 19.8 Å². The first-order valence-corrected chi connectivity index (χ1v) is 10.1. The van der Waals surface area contributed by atoms with E-state index in [2.05, 4.69) is 20.3 Å². The number of aromatic nitrogens is 3. The normalized spacial score (nSPS) is 13.0. The zero-order valence-corrected chi connectivity index (χ0v) is 17.2. The fraction of sp³-hybridized carbons (Fsp3) is 0.136. The summed E-state index contributed by atoms with van der Waals surface area (Å²) in [5.41, 5.74) is 2.24. The summed E-state index contributed by atoms with van der Waals surface area (Å²) in [6, 6.07) is 10.6. The Bertz CT molecular complexity index is 1340. The highest BCUT2D eigenvalue weighted by Crippen LogP contribution is 2.31. The Morgan fingerprint density at radius 3 is 2.69 bits per heavy atom. The maximum absolute atomic E-state index is 13.8. The van der Waals surface area contributed by atoms with E-state index < -0.39 is 11.6 Å². The molecule has 0 aliphatic carbocycles. The van der Waals surface area contributed by atoms with Crippen molar-refractivity contribution in [2.24, 2.45) is 0 Å². The lowest BCUT2D eigenvalue weighted by Gasteiger charge is -2.17. The van der Waals surface area contributed by atoms with Gasteiger partial charge in [0, 0.05) is 18.2 Å². The summed E-state index contributed by atoms with van der Waals surface area (Å²) in [6.07, 6.45) is 1.13. The first-order valence-electron chi connectivity index (χ1n) is 9.69. The van der Waals surface area contributed by atoms with Gasteiger partial charge in [0.25, 0.3) is 0 Å². The van der Waals surface area contributed by atoms with E-state index in [1.54, 1.807) is 12.1 Å². The third kappa shape index (κ3) is 3.94. The molecule has 162 valence electrons. The number of pyridine rings is 1. The van der Waals surface area contributed by atoms with E-state index in [9.17, 15) is 13.6 Å². The Kier molecular flexibility index (Phi) is 5.10. The average Bonchev–Trinajstić information content (AvgIpc) is 3.14. The van der Waals surface area contributed by atoms with E-state index in [4.69, 9.17) is 21.1 Å². The first-order chi connectivity index (χ1) is 15.5. The van der Waals surface area contributed by atoms with Gasteiger partial charge in [0.1, 0.15) is 29.0 Å². The first kappa shape index (κ1) is 20.2. The van der Waals surface area contributed by atoms with E-state index in [0.29, 0.717) is 29.8 Å². The largest absolute Gasteiger partial charge is 0.471 e. The number of anilines is 1. The smallest absolute Gasteiger partial charge is 0.301 e. The van der Waals surface area contributed by atoms with Crippen LogP contribution in [0, 0.1) is 11.6 Å². The predicted molar refractivity (Wildman–Crippen MR) is 113 cm³/mol. The topological polar surface area (TPSA) is 89.1 Å². The third-order valence-corrected chi connectivity index (χ3v) is 5.25. The van der Waals surface area contributed by atoms with E-state index in [-0.39, 0.29) is 40.6 Å². The van der Waals surface area contributed by atoms with E-state index in [0.717, 1.165) is 17.7 Å². The van der Waals surface area contributed by atoms with Gasteiger partial charge in [0.05, 0.1) is 11.1 Å². The summed E-state index contributed by atoms with van der Waals surface area (Å²) < 4.78 is 38.8. The molecular formula is C22H15ClF2N4O3. The number of H-pyrrole nitrogens is 1. The van der Waals surface area contributed by atoms with Crippen molar-refractivity contribution in [1.82, 2.24) is 15.0 Å². The number of imidazole rings is 1. The summed E-state index contributed by atoms with van der Waals surface area (Å²) in [7, 11) is 0. The number of nitrogens with zero attached hydrogens (tertiary/aromatic N) is 2. The van der Waals surface area contributed by atoms with Crippen molar-refractivity contribution in [3.05, 3.63) is 70.2 Å². The van der Waals surface area contributed by atoms with Crippen molar-refractivity contribution in [1.29, 1.82) is 0 Å². The molecule has 0 bridgehead atoms. The van der Waals surface area contributed by atoms with Gasteiger partial charge >= 0.3 is 6.01 Å². The van der Waals surface area contributed by atoms with Crippen LogP contribution in [0.25, 0.3) is 11.2 Å². The summed E-state index contributed by atoms with van der Waals surface area (Å²) in [5, 5.41) is 2.95. The SMILES string of the molecule is O=C1CCc2ccc(Oc3nc4nc(OCc5c(F)cccc5F)c(Cl)cc4[nH]3)cc2N1. The van der Waals surface area contributed by atoms with Gasteiger partial charge in [0.2, 0.25) is 11.8 Å². The molecule has 0 saturated heterocycles. The molecule has 0 spiro atoms. The quantitative estimate of drug-likeness (QED) is 0.434. The molecule has 1 aliphatic heterocycles. The molecule has 1 amide bonds. The zero-order valence-electron chi connectivity index (χ0n) is 16.4. The van der Waals surface area contributed by atoms with Gasteiger partial charge in [-0.15, -0.1) is 0 Å². The van der Waals surface area contributed by atoms with E-state index >= 15 is 0 Å². The van der Waals surface area contributed by atoms with Gasteiger partial charge in [-0.05, 0) is 36.2 Å². The number of carbonyl (C=O) groups is 1. The molecule has 2 aromatic carbocycles. The van der Waals surface area contributed by atoms with Crippen molar-refractivity contribution in [2.75, 3.05) is 5.32 Å². The highest BCUT2D eigenvalue weighted by Gasteiger charge is 2.17. The maximum Gasteiger partial charge on any atom is 0.301 e. The van der Waals surface area contributed by atoms with E-state index in [1.165, 1.54) is 12.1 Å². The molecule has 10 heteroatoms. The van der Waals surface area contributed by atoms with Crippen molar-refractivity contribution in [2.45, 2.75) is 19.4 Å². The molecular weight excluding hydrogens is 442 g/mol. The summed E-state index contributed by atoms with van der Waals surface area (Å²) in [4.78, 5) is 23.0. The van der Waals surface area contributed by atoms with Crippen LogP contribution >= 0.6 is 11.6 Å². The Labute approximate surface area is 185 Å². The Balaban J connectivity index is 1.37. The van der Waals surface area contributed by atoms with Crippen LogP contribution < -0.4 is 14.8 Å². The van der Waals surface area contributed by atoms with Crippen LogP contribution in [0.5, 0.6) is 17.6 Å². The molecule has 0 unspecified atom stereocenters. The highest BCUT2D eigenvalue weighted by molar-refractivity contribution is 6.32. The highest BCUT2D eigenvalue weighted by atomic mass is 35.5. The van der Waals surface area contributed by atoms with Crippen LogP contribution in [0.15, 0.2) is 42.5 Å². The molecule has 5 rings (SSSR count). The minimum Gasteiger partial charge on any atom is -0.471 e. The summed E-state index contributed by atoms with van der Waals surface area (Å²) in [6.45, 7) is -0.384. The van der Waals surface area contributed by atoms with Gasteiger partial charge in [-0.1, -0.05) is 23.7 Å². The minimum absolute atomic E-state index is 0.0173. The minimum atomic E-state index is -0.723. The molecule has 0 fully saturated rings. The standard InChI is InChI=1S/C22H15ClF2N4O3/c23-14-9-18-20(28-21(14)31-10-13-15(24)2-1-3-16(13)25)29-22(27-18)32-12-6-4-11-5-7-19(30)26-17(11)8-12/h1-4,6,8-9H,5,7,10H2,(H,26,30)(H,27,28,29). The molecule has 2 N–H and O–H groups in total. The van der Waals surface area contributed by atoms with Gasteiger partial charge in [-0.2, -0.15) is 9.97 Å². The second-order valence-corrected chi connectivity index (χ2v) is 7.55. The summed E-state index contributed by atoms with van der Waals surface area (Å²) >= 11 is 6.21. The molecule has 0 radical (unpaired) electrons. The number of aromatic amines is 1. The number of hydrogen-bond donors (Lipinski definition) is 2. The monoisotopic (exact) mass is 456 g/mol.